The summed E-state index contributed by atoms with van der Waals surface area (Å²) in [5, 5.41) is 4.78. The third-order valence-corrected chi connectivity index (χ3v) is 2.33. The van der Waals surface area contributed by atoms with Crippen LogP contribution in [0.2, 0.25) is 5.02 Å². The van der Waals surface area contributed by atoms with Gasteiger partial charge in [0.25, 0.3) is 0 Å². The zero-order valence-electron chi connectivity index (χ0n) is 9.23. The maximum absolute atomic E-state index is 10.6. The minimum Gasteiger partial charge on any atom is -0.359 e. The molecule has 0 atom stereocenters. The number of rotatable bonds is 7. The Morgan fingerprint density at radius 2 is 2.06 bits per heavy atom. The summed E-state index contributed by atoms with van der Waals surface area (Å²) in [5.74, 6) is 0. The Labute approximate surface area is 100 Å². The van der Waals surface area contributed by atoms with E-state index in [1.165, 1.54) is 5.01 Å². The predicted molar refractivity (Wildman–Crippen MR) is 65.5 cm³/mol. The number of anilines is 1. The molecule has 1 rings (SSSR count). The molecule has 0 N–H and O–H groups in total. The highest BCUT2D eigenvalue weighted by atomic mass is 35.5. The predicted octanol–water partition coefficient (Wildman–Crippen LogP) is 3.60. The van der Waals surface area contributed by atoms with Gasteiger partial charge in [0.15, 0.2) is 0 Å². The molecule has 0 saturated carbocycles. The Bertz CT molecular complexity index is 316. The number of benzene rings is 1. The lowest BCUT2D eigenvalue weighted by Gasteiger charge is -2.15. The molecule has 0 unspecified atom stereocenters. The summed E-state index contributed by atoms with van der Waals surface area (Å²) in [6.07, 6.45) is 2.04. The molecule has 0 saturated heterocycles. The number of hydrogen-bond acceptors (Lipinski definition) is 3. The molecule has 0 amide bonds. The normalized spacial score (nSPS) is 10.1. The van der Waals surface area contributed by atoms with Crippen LogP contribution in [0.1, 0.15) is 19.8 Å². The Hall–Kier alpha value is -1.13. The van der Waals surface area contributed by atoms with Gasteiger partial charge in [0.1, 0.15) is 6.73 Å². The van der Waals surface area contributed by atoms with Gasteiger partial charge in [-0.1, -0.05) is 24.9 Å². The van der Waals surface area contributed by atoms with Gasteiger partial charge in [-0.05, 0) is 30.7 Å². The zero-order chi connectivity index (χ0) is 11.8. The lowest BCUT2D eigenvalue weighted by atomic mass is 10.3. The van der Waals surface area contributed by atoms with E-state index in [1.54, 1.807) is 24.3 Å². The molecule has 16 heavy (non-hydrogen) atoms. The van der Waals surface area contributed by atoms with Crippen LogP contribution < -0.4 is 5.01 Å². The molecule has 1 aromatic carbocycles. The van der Waals surface area contributed by atoms with E-state index in [0.717, 1.165) is 12.8 Å². The van der Waals surface area contributed by atoms with E-state index in [4.69, 9.17) is 16.3 Å². The first kappa shape index (κ1) is 12.9. The second kappa shape index (κ2) is 7.19. The lowest BCUT2D eigenvalue weighted by molar-refractivity contribution is 0.131. The van der Waals surface area contributed by atoms with Crippen LogP contribution in [0, 0.1) is 4.91 Å². The summed E-state index contributed by atoms with van der Waals surface area (Å²) in [6.45, 7) is 2.89. The van der Waals surface area contributed by atoms with Gasteiger partial charge < -0.3 is 4.74 Å². The average molecular weight is 243 g/mol. The number of nitroso groups, excluding NO2 is 1. The molecule has 0 fully saturated rings. The minimum absolute atomic E-state index is 0.172. The van der Waals surface area contributed by atoms with E-state index in [2.05, 4.69) is 12.2 Å². The van der Waals surface area contributed by atoms with E-state index in [1.807, 2.05) is 0 Å². The summed E-state index contributed by atoms with van der Waals surface area (Å²) in [7, 11) is 0. The third kappa shape index (κ3) is 4.16. The van der Waals surface area contributed by atoms with Crippen molar-refractivity contribution in [2.24, 2.45) is 5.29 Å². The summed E-state index contributed by atoms with van der Waals surface area (Å²) in [4.78, 5) is 10.6. The van der Waals surface area contributed by atoms with Gasteiger partial charge in [0, 0.05) is 11.6 Å². The molecule has 0 aromatic heterocycles. The zero-order valence-corrected chi connectivity index (χ0v) is 9.98. The first-order valence-electron chi connectivity index (χ1n) is 5.22. The highest BCUT2D eigenvalue weighted by molar-refractivity contribution is 6.30. The van der Waals surface area contributed by atoms with Gasteiger partial charge in [0.2, 0.25) is 0 Å². The van der Waals surface area contributed by atoms with Crippen molar-refractivity contribution in [2.75, 3.05) is 18.3 Å². The third-order valence-electron chi connectivity index (χ3n) is 2.08. The van der Waals surface area contributed by atoms with Crippen molar-refractivity contribution in [3.8, 4) is 0 Å². The van der Waals surface area contributed by atoms with E-state index < -0.39 is 0 Å². The fourth-order valence-corrected chi connectivity index (χ4v) is 1.28. The Balaban J connectivity index is 2.47. The van der Waals surface area contributed by atoms with E-state index in [-0.39, 0.29) is 6.73 Å². The van der Waals surface area contributed by atoms with Crippen molar-refractivity contribution in [3.05, 3.63) is 34.2 Å². The van der Waals surface area contributed by atoms with Crippen molar-refractivity contribution < 1.29 is 4.74 Å². The van der Waals surface area contributed by atoms with Crippen LogP contribution in [0.15, 0.2) is 29.6 Å². The Kier molecular flexibility index (Phi) is 5.82. The molecule has 0 bridgehead atoms. The van der Waals surface area contributed by atoms with Gasteiger partial charge in [-0.25, -0.2) is 5.01 Å². The van der Waals surface area contributed by atoms with Crippen molar-refractivity contribution in [1.29, 1.82) is 0 Å². The molecule has 0 aliphatic heterocycles. The molecule has 0 radical (unpaired) electrons. The summed E-state index contributed by atoms with van der Waals surface area (Å²) in [6, 6.07) is 6.88. The van der Waals surface area contributed by atoms with Crippen LogP contribution in [0.3, 0.4) is 0 Å². The second-order valence-corrected chi connectivity index (χ2v) is 3.78. The molecule has 0 aliphatic carbocycles. The Morgan fingerprint density at radius 1 is 1.38 bits per heavy atom. The minimum atomic E-state index is 0.172. The molecule has 5 heteroatoms. The van der Waals surface area contributed by atoms with Crippen molar-refractivity contribution >= 4 is 17.3 Å². The summed E-state index contributed by atoms with van der Waals surface area (Å²) < 4.78 is 5.31. The molecular formula is C11H15ClN2O2. The smallest absolute Gasteiger partial charge is 0.143 e. The Morgan fingerprint density at radius 3 is 2.62 bits per heavy atom. The van der Waals surface area contributed by atoms with Gasteiger partial charge >= 0.3 is 0 Å². The molecule has 0 spiro atoms. The largest absolute Gasteiger partial charge is 0.359 e. The van der Waals surface area contributed by atoms with Gasteiger partial charge in [0.05, 0.1) is 11.0 Å². The van der Waals surface area contributed by atoms with Gasteiger partial charge in [-0.2, -0.15) is 0 Å². The van der Waals surface area contributed by atoms with Crippen molar-refractivity contribution in [3.63, 3.8) is 0 Å². The standard InChI is InChI=1S/C11H15ClN2O2/c1-2-3-8-16-9-14(13-15)11-6-4-10(12)5-7-11/h4-7H,2-3,8-9H2,1H3. The fraction of sp³-hybridized carbons (Fsp3) is 0.455. The topological polar surface area (TPSA) is 41.9 Å². The van der Waals surface area contributed by atoms with Crippen LogP contribution in [-0.4, -0.2) is 13.3 Å². The number of halogens is 1. The number of unbranched alkanes of at least 4 members (excludes halogenated alkanes) is 1. The fourth-order valence-electron chi connectivity index (χ4n) is 1.16. The monoisotopic (exact) mass is 242 g/mol. The number of hydrogen-bond donors (Lipinski definition) is 0. The highest BCUT2D eigenvalue weighted by Gasteiger charge is 2.05. The van der Waals surface area contributed by atoms with Crippen LogP contribution >= 0.6 is 11.6 Å². The van der Waals surface area contributed by atoms with Crippen molar-refractivity contribution in [1.82, 2.24) is 0 Å². The first-order chi connectivity index (χ1) is 7.77. The summed E-state index contributed by atoms with van der Waals surface area (Å²) in [5.41, 5.74) is 0.677. The maximum Gasteiger partial charge on any atom is 0.143 e. The highest BCUT2D eigenvalue weighted by Crippen LogP contribution is 2.18. The van der Waals surface area contributed by atoms with Gasteiger partial charge in [-0.3, -0.25) is 0 Å². The molecule has 1 aromatic rings. The van der Waals surface area contributed by atoms with E-state index >= 15 is 0 Å². The van der Waals surface area contributed by atoms with Crippen LogP contribution in [0.4, 0.5) is 5.69 Å². The van der Waals surface area contributed by atoms with Crippen LogP contribution in [0.5, 0.6) is 0 Å². The van der Waals surface area contributed by atoms with Crippen LogP contribution in [0.25, 0.3) is 0 Å². The molecule has 0 heterocycles. The molecule has 0 aliphatic rings. The van der Waals surface area contributed by atoms with E-state index in [9.17, 15) is 4.91 Å². The second-order valence-electron chi connectivity index (χ2n) is 3.35. The molecule has 4 nitrogen and oxygen atoms in total. The molecular weight excluding hydrogens is 228 g/mol. The molecule has 88 valence electrons. The van der Waals surface area contributed by atoms with E-state index in [0.29, 0.717) is 17.3 Å². The van der Waals surface area contributed by atoms with Gasteiger partial charge in [-0.15, -0.1) is 4.91 Å². The number of ether oxygens (including phenoxy) is 1. The summed E-state index contributed by atoms with van der Waals surface area (Å²) >= 11 is 5.75. The SMILES string of the molecule is CCCCOCN(N=O)c1ccc(Cl)cc1. The number of nitrogens with zero attached hydrogens (tertiary/aromatic N) is 2. The quantitative estimate of drug-likeness (QED) is 0.318. The lowest BCUT2D eigenvalue weighted by Crippen LogP contribution is -2.19. The maximum atomic E-state index is 10.6. The van der Waals surface area contributed by atoms with Crippen LogP contribution in [-0.2, 0) is 4.74 Å². The first-order valence-corrected chi connectivity index (χ1v) is 5.60. The van der Waals surface area contributed by atoms with Crippen molar-refractivity contribution in [2.45, 2.75) is 19.8 Å². The average Bonchev–Trinajstić information content (AvgIpc) is 2.31.